The van der Waals surface area contributed by atoms with E-state index in [0.717, 1.165) is 16.6 Å². The first-order valence-corrected chi connectivity index (χ1v) is 8.34. The van der Waals surface area contributed by atoms with E-state index in [-0.39, 0.29) is 0 Å². The second-order valence-corrected chi connectivity index (χ2v) is 6.74. The maximum atomic E-state index is 3.48. The topological polar surface area (TPSA) is 22.3 Å². The third-order valence-electron chi connectivity index (χ3n) is 4.23. The van der Waals surface area contributed by atoms with E-state index in [1.807, 2.05) is 6.20 Å². The molecule has 3 nitrogen and oxygen atoms in total. The Hall–Kier alpha value is -1.10. The van der Waals surface area contributed by atoms with Gasteiger partial charge in [-0.2, -0.15) is 0 Å². The fourth-order valence-corrected chi connectivity index (χ4v) is 3.09. The first-order valence-electron chi connectivity index (χ1n) is 7.55. The van der Waals surface area contributed by atoms with Crippen molar-refractivity contribution in [3.8, 4) is 11.3 Å². The first kappa shape index (κ1) is 14.8. The van der Waals surface area contributed by atoms with Gasteiger partial charge < -0.3 is 14.8 Å². The molecular formula is C17H22BrN3. The molecule has 0 aliphatic carbocycles. The second kappa shape index (κ2) is 6.77. The molecule has 2 aromatic rings. The highest BCUT2D eigenvalue weighted by atomic mass is 79.9. The van der Waals surface area contributed by atoms with Crippen molar-refractivity contribution in [3.05, 3.63) is 46.6 Å². The summed E-state index contributed by atoms with van der Waals surface area (Å²) in [6, 6.07) is 11.0. The number of piperazine rings is 1. The number of nitrogens with zero attached hydrogens (tertiary/aromatic N) is 2. The average Bonchev–Trinajstić information content (AvgIpc) is 2.94. The standard InChI is InChI=1S/C17H22BrN3/c1-20-8-10-21(11-9-20)7-6-14-2-4-15(5-3-14)17-12-16(18)13-19-17/h2-5,12-13,19H,6-11H2,1H3. The summed E-state index contributed by atoms with van der Waals surface area (Å²) in [5.41, 5.74) is 3.82. The Labute approximate surface area is 135 Å². The van der Waals surface area contributed by atoms with Crippen LogP contribution in [-0.2, 0) is 6.42 Å². The highest BCUT2D eigenvalue weighted by Gasteiger charge is 2.13. The van der Waals surface area contributed by atoms with Crippen LogP contribution in [-0.4, -0.2) is 54.6 Å². The fraction of sp³-hybridized carbons (Fsp3) is 0.412. The van der Waals surface area contributed by atoms with E-state index in [2.05, 4.69) is 68.1 Å². The molecule has 112 valence electrons. The highest BCUT2D eigenvalue weighted by Crippen LogP contribution is 2.22. The van der Waals surface area contributed by atoms with Crippen LogP contribution in [0.3, 0.4) is 0 Å². The fourth-order valence-electron chi connectivity index (χ4n) is 2.74. The molecule has 1 saturated heterocycles. The molecule has 1 fully saturated rings. The van der Waals surface area contributed by atoms with Crippen molar-refractivity contribution < 1.29 is 0 Å². The molecule has 3 rings (SSSR count). The summed E-state index contributed by atoms with van der Waals surface area (Å²) < 4.78 is 1.09. The summed E-state index contributed by atoms with van der Waals surface area (Å²) in [5.74, 6) is 0. The summed E-state index contributed by atoms with van der Waals surface area (Å²) in [6.07, 6.45) is 3.11. The Morgan fingerprint density at radius 3 is 2.43 bits per heavy atom. The van der Waals surface area contributed by atoms with E-state index >= 15 is 0 Å². The van der Waals surface area contributed by atoms with Gasteiger partial charge in [0.2, 0.25) is 0 Å². The number of likely N-dealkylation sites (N-methyl/N-ethyl adjacent to an activating group) is 1. The Morgan fingerprint density at radius 1 is 1.10 bits per heavy atom. The molecule has 1 aliphatic rings. The maximum Gasteiger partial charge on any atom is 0.0465 e. The average molecular weight is 348 g/mol. The SMILES string of the molecule is CN1CCN(CCc2ccc(-c3cc(Br)c[nH]3)cc2)CC1. The van der Waals surface area contributed by atoms with E-state index in [4.69, 9.17) is 0 Å². The van der Waals surface area contributed by atoms with Gasteiger partial charge in [-0.25, -0.2) is 0 Å². The molecule has 0 spiro atoms. The molecule has 1 N–H and O–H groups in total. The number of H-pyrrole nitrogens is 1. The zero-order valence-electron chi connectivity index (χ0n) is 12.5. The minimum absolute atomic E-state index is 1.09. The van der Waals surface area contributed by atoms with Gasteiger partial charge in [0.1, 0.15) is 0 Å². The van der Waals surface area contributed by atoms with Gasteiger partial charge in [0.05, 0.1) is 0 Å². The summed E-state index contributed by atoms with van der Waals surface area (Å²) in [4.78, 5) is 8.24. The predicted octanol–water partition coefficient (Wildman–Crippen LogP) is 3.23. The Kier molecular flexibility index (Phi) is 4.78. The Balaban J connectivity index is 1.55. The van der Waals surface area contributed by atoms with Gasteiger partial charge in [0.25, 0.3) is 0 Å². The van der Waals surface area contributed by atoms with Gasteiger partial charge >= 0.3 is 0 Å². The minimum Gasteiger partial charge on any atom is -0.360 e. The molecule has 0 unspecified atom stereocenters. The van der Waals surface area contributed by atoms with Gasteiger partial charge in [-0.15, -0.1) is 0 Å². The zero-order valence-corrected chi connectivity index (χ0v) is 14.1. The van der Waals surface area contributed by atoms with E-state index < -0.39 is 0 Å². The number of nitrogens with one attached hydrogen (secondary N) is 1. The molecule has 0 atom stereocenters. The van der Waals surface area contributed by atoms with Crippen LogP contribution in [0.25, 0.3) is 11.3 Å². The number of hydrogen-bond donors (Lipinski definition) is 1. The molecule has 1 aromatic heterocycles. The van der Waals surface area contributed by atoms with Crippen molar-refractivity contribution in [2.75, 3.05) is 39.8 Å². The van der Waals surface area contributed by atoms with Crippen LogP contribution in [0.2, 0.25) is 0 Å². The molecular weight excluding hydrogens is 326 g/mol. The predicted molar refractivity (Wildman–Crippen MR) is 91.6 cm³/mol. The van der Waals surface area contributed by atoms with Crippen molar-refractivity contribution >= 4 is 15.9 Å². The summed E-state index contributed by atoms with van der Waals surface area (Å²) in [6.45, 7) is 5.96. The molecule has 1 aromatic carbocycles. The lowest BCUT2D eigenvalue weighted by Crippen LogP contribution is -2.45. The molecule has 21 heavy (non-hydrogen) atoms. The first-order chi connectivity index (χ1) is 10.2. The van der Waals surface area contributed by atoms with Crippen molar-refractivity contribution in [2.24, 2.45) is 0 Å². The lowest BCUT2D eigenvalue weighted by atomic mass is 10.1. The van der Waals surface area contributed by atoms with Crippen molar-refractivity contribution in [3.63, 3.8) is 0 Å². The lowest BCUT2D eigenvalue weighted by molar-refractivity contribution is 0.155. The third-order valence-corrected chi connectivity index (χ3v) is 4.68. The van der Waals surface area contributed by atoms with Crippen molar-refractivity contribution in [1.82, 2.24) is 14.8 Å². The van der Waals surface area contributed by atoms with Crippen LogP contribution < -0.4 is 0 Å². The van der Waals surface area contributed by atoms with Crippen LogP contribution >= 0.6 is 15.9 Å². The summed E-state index contributed by atoms with van der Waals surface area (Å²) in [7, 11) is 2.20. The minimum atomic E-state index is 1.09. The molecule has 0 saturated carbocycles. The van der Waals surface area contributed by atoms with Gasteiger partial charge in [0.15, 0.2) is 0 Å². The molecule has 0 radical (unpaired) electrons. The van der Waals surface area contributed by atoms with E-state index in [0.29, 0.717) is 0 Å². The maximum absolute atomic E-state index is 3.48. The number of hydrogen-bond acceptors (Lipinski definition) is 2. The smallest absolute Gasteiger partial charge is 0.0465 e. The Morgan fingerprint density at radius 2 is 1.81 bits per heavy atom. The summed E-state index contributed by atoms with van der Waals surface area (Å²) >= 11 is 3.48. The highest BCUT2D eigenvalue weighted by molar-refractivity contribution is 9.10. The second-order valence-electron chi connectivity index (χ2n) is 5.82. The number of halogens is 1. The number of rotatable bonds is 4. The van der Waals surface area contributed by atoms with Crippen LogP contribution in [0.5, 0.6) is 0 Å². The molecule has 2 heterocycles. The zero-order chi connectivity index (χ0) is 14.7. The van der Waals surface area contributed by atoms with Gasteiger partial charge in [-0.1, -0.05) is 24.3 Å². The van der Waals surface area contributed by atoms with E-state index in [9.17, 15) is 0 Å². The monoisotopic (exact) mass is 347 g/mol. The van der Waals surface area contributed by atoms with Crippen LogP contribution in [0.4, 0.5) is 0 Å². The third kappa shape index (κ3) is 3.96. The van der Waals surface area contributed by atoms with Crippen LogP contribution in [0.1, 0.15) is 5.56 Å². The Bertz CT molecular complexity index is 568. The quantitative estimate of drug-likeness (QED) is 0.917. The van der Waals surface area contributed by atoms with Gasteiger partial charge in [-0.05, 0) is 46.6 Å². The van der Waals surface area contributed by atoms with Crippen molar-refractivity contribution in [1.29, 1.82) is 0 Å². The molecule has 0 bridgehead atoms. The van der Waals surface area contributed by atoms with Crippen LogP contribution in [0, 0.1) is 0 Å². The summed E-state index contributed by atoms with van der Waals surface area (Å²) in [5, 5.41) is 0. The number of benzene rings is 1. The largest absolute Gasteiger partial charge is 0.360 e. The van der Waals surface area contributed by atoms with Crippen molar-refractivity contribution in [2.45, 2.75) is 6.42 Å². The lowest BCUT2D eigenvalue weighted by Gasteiger charge is -2.32. The van der Waals surface area contributed by atoms with E-state index in [1.165, 1.54) is 43.9 Å². The van der Waals surface area contributed by atoms with Gasteiger partial charge in [-0.3, -0.25) is 0 Å². The molecule has 0 amide bonds. The number of aromatic nitrogens is 1. The molecule has 4 heteroatoms. The molecule has 1 aliphatic heterocycles. The normalized spacial score (nSPS) is 17.2. The van der Waals surface area contributed by atoms with Crippen LogP contribution in [0.15, 0.2) is 41.0 Å². The number of aromatic amines is 1. The van der Waals surface area contributed by atoms with Gasteiger partial charge in [0, 0.05) is 49.1 Å². The van der Waals surface area contributed by atoms with E-state index in [1.54, 1.807) is 0 Å².